The molecule has 14 heavy (non-hydrogen) atoms. The zero-order valence-electron chi connectivity index (χ0n) is 9.12. The van der Waals surface area contributed by atoms with E-state index in [9.17, 15) is 0 Å². The molecule has 0 aliphatic carbocycles. The maximum Gasteiger partial charge on any atom is 0.0947 e. The normalized spacial score (nSPS) is 26.0. The second-order valence-electron chi connectivity index (χ2n) is 3.99. The number of morpholine rings is 1. The largest absolute Gasteiger partial charge is 0.387 e. The number of rotatable bonds is 4. The first-order chi connectivity index (χ1) is 6.65. The molecule has 1 aliphatic rings. The predicted molar refractivity (Wildman–Crippen MR) is 57.5 cm³/mol. The Kier molecular flexibility index (Phi) is 4.35. The third-order valence-corrected chi connectivity index (χ3v) is 2.86. The summed E-state index contributed by atoms with van der Waals surface area (Å²) in [6.45, 7) is 7.66. The van der Waals surface area contributed by atoms with Crippen LogP contribution in [0.3, 0.4) is 0 Å². The number of hydrogen-bond acceptors (Lipinski definition) is 3. The van der Waals surface area contributed by atoms with E-state index in [1.165, 1.54) is 0 Å². The molecule has 0 saturated carbocycles. The summed E-state index contributed by atoms with van der Waals surface area (Å²) in [4.78, 5) is 2.38. The molecule has 0 spiro atoms. The maximum absolute atomic E-state index is 7.36. The molecule has 0 aromatic heterocycles. The van der Waals surface area contributed by atoms with Gasteiger partial charge in [-0.05, 0) is 6.42 Å². The van der Waals surface area contributed by atoms with Crippen LogP contribution in [0.4, 0.5) is 0 Å². The minimum Gasteiger partial charge on any atom is -0.387 e. The number of nitrogens with two attached hydrogens (primary N) is 1. The first-order valence-electron chi connectivity index (χ1n) is 5.30. The Morgan fingerprint density at radius 3 is 3.00 bits per heavy atom. The molecule has 0 bridgehead atoms. The van der Waals surface area contributed by atoms with E-state index in [0.29, 0.717) is 6.04 Å². The number of nitrogens with zero attached hydrogens (tertiary/aromatic N) is 1. The van der Waals surface area contributed by atoms with E-state index < -0.39 is 0 Å². The molecule has 0 amide bonds. The SMILES string of the molecule is CCC1COCCN1CC(C)C(=N)N. The zero-order chi connectivity index (χ0) is 10.6. The van der Waals surface area contributed by atoms with Gasteiger partial charge in [-0.3, -0.25) is 10.3 Å². The van der Waals surface area contributed by atoms with Crippen molar-refractivity contribution < 1.29 is 4.74 Å². The van der Waals surface area contributed by atoms with Crippen LogP contribution in [0.5, 0.6) is 0 Å². The average molecular weight is 199 g/mol. The minimum atomic E-state index is 0.155. The lowest BCUT2D eigenvalue weighted by Crippen LogP contribution is -2.48. The van der Waals surface area contributed by atoms with E-state index in [2.05, 4.69) is 11.8 Å². The average Bonchev–Trinajstić information content (AvgIpc) is 2.18. The molecule has 0 aromatic rings. The first-order valence-corrected chi connectivity index (χ1v) is 5.30. The van der Waals surface area contributed by atoms with Gasteiger partial charge in [-0.25, -0.2) is 0 Å². The van der Waals surface area contributed by atoms with Crippen molar-refractivity contribution in [3.05, 3.63) is 0 Å². The molecule has 0 aromatic carbocycles. The van der Waals surface area contributed by atoms with Crippen molar-refractivity contribution >= 4 is 5.84 Å². The van der Waals surface area contributed by atoms with Gasteiger partial charge >= 0.3 is 0 Å². The van der Waals surface area contributed by atoms with E-state index in [1.54, 1.807) is 0 Å². The van der Waals surface area contributed by atoms with Crippen molar-refractivity contribution in [2.24, 2.45) is 11.7 Å². The van der Waals surface area contributed by atoms with E-state index in [-0.39, 0.29) is 11.8 Å². The molecule has 2 atom stereocenters. The van der Waals surface area contributed by atoms with Gasteiger partial charge in [0.15, 0.2) is 0 Å². The number of nitrogens with one attached hydrogen (secondary N) is 1. The van der Waals surface area contributed by atoms with Crippen molar-refractivity contribution in [1.29, 1.82) is 5.41 Å². The molecule has 2 unspecified atom stereocenters. The Labute approximate surface area is 85.9 Å². The summed E-state index contributed by atoms with van der Waals surface area (Å²) in [5.41, 5.74) is 5.47. The van der Waals surface area contributed by atoms with Crippen LogP contribution in [0.2, 0.25) is 0 Å². The molecule has 1 rings (SSSR count). The molecule has 4 heteroatoms. The van der Waals surface area contributed by atoms with Crippen molar-refractivity contribution in [3.8, 4) is 0 Å². The van der Waals surface area contributed by atoms with Gasteiger partial charge in [-0.1, -0.05) is 13.8 Å². The van der Waals surface area contributed by atoms with Crippen LogP contribution in [0.1, 0.15) is 20.3 Å². The molecule has 1 aliphatic heterocycles. The summed E-state index contributed by atoms with van der Waals surface area (Å²) in [5.74, 6) is 0.438. The lowest BCUT2D eigenvalue weighted by molar-refractivity contribution is -0.0112. The van der Waals surface area contributed by atoms with Crippen LogP contribution in [-0.4, -0.2) is 43.1 Å². The molecule has 3 N–H and O–H groups in total. The molecule has 1 fully saturated rings. The number of ether oxygens (including phenoxy) is 1. The van der Waals surface area contributed by atoms with Crippen LogP contribution in [-0.2, 0) is 4.74 Å². The number of amidine groups is 1. The van der Waals surface area contributed by atoms with Gasteiger partial charge in [0.2, 0.25) is 0 Å². The van der Waals surface area contributed by atoms with E-state index in [4.69, 9.17) is 15.9 Å². The van der Waals surface area contributed by atoms with Gasteiger partial charge in [0.05, 0.1) is 19.0 Å². The number of hydrogen-bond donors (Lipinski definition) is 2. The van der Waals surface area contributed by atoms with E-state index in [1.807, 2.05) is 6.92 Å². The molecule has 0 radical (unpaired) electrons. The third kappa shape index (κ3) is 2.96. The molecule has 1 heterocycles. The fourth-order valence-corrected chi connectivity index (χ4v) is 1.76. The summed E-state index contributed by atoms with van der Waals surface area (Å²) in [6, 6.07) is 0.505. The van der Waals surface area contributed by atoms with Crippen molar-refractivity contribution in [2.75, 3.05) is 26.3 Å². The molecule has 82 valence electrons. The maximum atomic E-state index is 7.36. The second kappa shape index (κ2) is 5.32. The van der Waals surface area contributed by atoms with Crippen LogP contribution in [0.25, 0.3) is 0 Å². The van der Waals surface area contributed by atoms with Gasteiger partial charge in [-0.15, -0.1) is 0 Å². The lowest BCUT2D eigenvalue weighted by atomic mass is 10.1. The minimum absolute atomic E-state index is 0.155. The first kappa shape index (κ1) is 11.5. The van der Waals surface area contributed by atoms with Crippen molar-refractivity contribution in [1.82, 2.24) is 4.90 Å². The molecule has 1 saturated heterocycles. The van der Waals surface area contributed by atoms with Crippen LogP contribution in [0.15, 0.2) is 0 Å². The molecular weight excluding hydrogens is 178 g/mol. The van der Waals surface area contributed by atoms with Gasteiger partial charge in [0, 0.05) is 25.0 Å². The van der Waals surface area contributed by atoms with Crippen LogP contribution < -0.4 is 5.73 Å². The monoisotopic (exact) mass is 199 g/mol. The Hall–Kier alpha value is -0.610. The van der Waals surface area contributed by atoms with Gasteiger partial charge in [-0.2, -0.15) is 0 Å². The summed E-state index contributed by atoms with van der Waals surface area (Å²) < 4.78 is 5.42. The fraction of sp³-hybridized carbons (Fsp3) is 0.900. The summed E-state index contributed by atoms with van der Waals surface area (Å²) in [6.07, 6.45) is 1.10. The molecular formula is C10H21N3O. The Morgan fingerprint density at radius 2 is 2.43 bits per heavy atom. The van der Waals surface area contributed by atoms with Crippen LogP contribution >= 0.6 is 0 Å². The van der Waals surface area contributed by atoms with Gasteiger partial charge in [0.1, 0.15) is 0 Å². The smallest absolute Gasteiger partial charge is 0.0947 e. The van der Waals surface area contributed by atoms with Crippen molar-refractivity contribution in [2.45, 2.75) is 26.3 Å². The summed E-state index contributed by atoms with van der Waals surface area (Å²) in [7, 11) is 0. The summed E-state index contributed by atoms with van der Waals surface area (Å²) >= 11 is 0. The molecule has 4 nitrogen and oxygen atoms in total. The lowest BCUT2D eigenvalue weighted by Gasteiger charge is -2.36. The Morgan fingerprint density at radius 1 is 1.71 bits per heavy atom. The quantitative estimate of drug-likeness (QED) is 0.516. The Balaban J connectivity index is 2.44. The highest BCUT2D eigenvalue weighted by Gasteiger charge is 2.23. The topological polar surface area (TPSA) is 62.3 Å². The fourth-order valence-electron chi connectivity index (χ4n) is 1.76. The standard InChI is InChI=1S/C10H21N3O/c1-3-9-7-14-5-4-13(9)6-8(2)10(11)12/h8-9H,3-7H2,1-2H3,(H3,11,12). The highest BCUT2D eigenvalue weighted by Crippen LogP contribution is 2.12. The Bertz CT molecular complexity index is 196. The highest BCUT2D eigenvalue weighted by atomic mass is 16.5. The highest BCUT2D eigenvalue weighted by molar-refractivity contribution is 5.79. The van der Waals surface area contributed by atoms with E-state index >= 15 is 0 Å². The van der Waals surface area contributed by atoms with Gasteiger partial charge < -0.3 is 10.5 Å². The predicted octanol–water partition coefficient (Wildman–Crippen LogP) is 0.669. The second-order valence-corrected chi connectivity index (χ2v) is 3.99. The summed E-state index contributed by atoms with van der Waals surface area (Å²) in [5, 5.41) is 7.36. The van der Waals surface area contributed by atoms with Gasteiger partial charge in [0.25, 0.3) is 0 Å². The van der Waals surface area contributed by atoms with E-state index in [0.717, 1.165) is 32.7 Å². The zero-order valence-corrected chi connectivity index (χ0v) is 9.12. The van der Waals surface area contributed by atoms with Crippen LogP contribution in [0, 0.1) is 11.3 Å². The third-order valence-electron chi connectivity index (χ3n) is 2.86. The van der Waals surface area contributed by atoms with Crippen molar-refractivity contribution in [3.63, 3.8) is 0 Å².